The Balaban J connectivity index is 0. The number of carbonyl (C=O) groups excluding carboxylic acids is 1. The highest BCUT2D eigenvalue weighted by atomic mass is 16.5. The van der Waals surface area contributed by atoms with Crippen LogP contribution in [0, 0.1) is 11.8 Å². The third kappa shape index (κ3) is 42.0. The number of rotatable bonds is 43. The number of aliphatic hydroxyl groups excluding tert-OH is 2. The van der Waals surface area contributed by atoms with Crippen molar-refractivity contribution in [3.8, 4) is 0 Å². The maximum Gasteiger partial charge on any atom is 0.293 e. The first-order valence-electron chi connectivity index (χ1n) is 23.8. The summed E-state index contributed by atoms with van der Waals surface area (Å²) in [6.45, 7) is 19.7. The van der Waals surface area contributed by atoms with Crippen LogP contribution in [-0.4, -0.2) is 67.1 Å². The summed E-state index contributed by atoms with van der Waals surface area (Å²) in [5.74, 6) is 2.43. The zero-order valence-electron chi connectivity index (χ0n) is 37.2. The molecule has 54 heavy (non-hydrogen) atoms. The van der Waals surface area contributed by atoms with Gasteiger partial charge in [-0.25, -0.2) is 0 Å². The van der Waals surface area contributed by atoms with Crippen molar-refractivity contribution in [2.24, 2.45) is 11.8 Å². The van der Waals surface area contributed by atoms with Crippen molar-refractivity contribution in [2.75, 3.05) is 39.5 Å². The van der Waals surface area contributed by atoms with E-state index in [-0.39, 0.29) is 12.7 Å². The van der Waals surface area contributed by atoms with Crippen molar-refractivity contribution in [1.82, 2.24) is 4.90 Å². The average molecular weight is 768 g/mol. The standard InChI is InChI=1S/C32H63NO5.C16H34/c1-4-6-8-10-11-15-21-31(20-14-9-7-5-2)30(3)38-27-19-16-22-32(36)28-33(24-25-34)23-17-12-13-18-26-37-29-35;1-4-6-8-10-11-13-15-16(3)14-12-9-7-5-2/h29,31-32,34,36H,3-28H2,1-2H3;16H,4-15H2,1-3H3. The van der Waals surface area contributed by atoms with Gasteiger partial charge >= 0.3 is 0 Å². The number of hydrogen-bond donors (Lipinski definition) is 2. The van der Waals surface area contributed by atoms with Crippen LogP contribution in [0.5, 0.6) is 0 Å². The van der Waals surface area contributed by atoms with E-state index in [1.165, 1.54) is 154 Å². The van der Waals surface area contributed by atoms with E-state index in [0.29, 0.717) is 38.7 Å². The molecule has 6 nitrogen and oxygen atoms in total. The SMILES string of the molecule is C=C(OCCCCC(O)CN(CCO)CCCCCCOC=O)C(CCCCCC)CCCCCCCC.CCCCCCCCC(C)CCCCCC. The quantitative estimate of drug-likeness (QED) is 0.0365. The summed E-state index contributed by atoms with van der Waals surface area (Å²) in [6, 6.07) is 0. The van der Waals surface area contributed by atoms with Gasteiger partial charge in [-0.15, -0.1) is 0 Å². The molecule has 0 radical (unpaired) electrons. The highest BCUT2D eigenvalue weighted by molar-refractivity contribution is 5.36. The second kappa shape index (κ2) is 46.3. The Morgan fingerprint density at radius 2 is 1.00 bits per heavy atom. The molecular weight excluding hydrogens is 671 g/mol. The molecule has 0 fully saturated rings. The van der Waals surface area contributed by atoms with Crippen molar-refractivity contribution < 1.29 is 24.5 Å². The molecule has 2 N–H and O–H groups in total. The van der Waals surface area contributed by atoms with Crippen molar-refractivity contribution in [3.63, 3.8) is 0 Å². The van der Waals surface area contributed by atoms with Crippen LogP contribution in [0.3, 0.4) is 0 Å². The van der Waals surface area contributed by atoms with Gasteiger partial charge in [-0.05, 0) is 57.4 Å². The van der Waals surface area contributed by atoms with Gasteiger partial charge in [0.1, 0.15) is 0 Å². The van der Waals surface area contributed by atoms with Crippen LogP contribution in [0.1, 0.15) is 234 Å². The van der Waals surface area contributed by atoms with Gasteiger partial charge in [-0.1, -0.05) is 195 Å². The van der Waals surface area contributed by atoms with E-state index in [1.54, 1.807) is 0 Å². The molecule has 0 saturated heterocycles. The average Bonchev–Trinajstić information content (AvgIpc) is 3.16. The molecule has 3 atom stereocenters. The van der Waals surface area contributed by atoms with Gasteiger partial charge < -0.3 is 19.7 Å². The van der Waals surface area contributed by atoms with Crippen LogP contribution in [0.15, 0.2) is 12.3 Å². The molecule has 0 aliphatic carbocycles. The number of nitrogens with zero attached hydrogens (tertiary/aromatic N) is 1. The minimum Gasteiger partial charge on any atom is -0.498 e. The highest BCUT2D eigenvalue weighted by Gasteiger charge is 2.15. The number of hydrogen-bond acceptors (Lipinski definition) is 6. The van der Waals surface area contributed by atoms with E-state index in [0.717, 1.165) is 63.2 Å². The summed E-state index contributed by atoms with van der Waals surface area (Å²) in [4.78, 5) is 12.3. The summed E-state index contributed by atoms with van der Waals surface area (Å²) in [7, 11) is 0. The van der Waals surface area contributed by atoms with Gasteiger partial charge in [-0.2, -0.15) is 0 Å². The van der Waals surface area contributed by atoms with Crippen LogP contribution >= 0.6 is 0 Å². The Hall–Kier alpha value is -1.11. The van der Waals surface area contributed by atoms with Gasteiger partial charge in [0, 0.05) is 19.0 Å². The van der Waals surface area contributed by atoms with E-state index < -0.39 is 0 Å². The van der Waals surface area contributed by atoms with Crippen LogP contribution in [0.25, 0.3) is 0 Å². The molecule has 0 aliphatic rings. The van der Waals surface area contributed by atoms with Crippen molar-refractivity contribution in [1.29, 1.82) is 0 Å². The van der Waals surface area contributed by atoms with Gasteiger partial charge in [0.2, 0.25) is 0 Å². The molecule has 0 rings (SSSR count). The smallest absolute Gasteiger partial charge is 0.293 e. The minimum absolute atomic E-state index is 0.105. The predicted molar refractivity (Wildman–Crippen MR) is 235 cm³/mol. The summed E-state index contributed by atoms with van der Waals surface area (Å²) in [6.07, 6.45) is 39.0. The normalized spacial score (nSPS) is 13.0. The summed E-state index contributed by atoms with van der Waals surface area (Å²) in [5, 5.41) is 19.9. The van der Waals surface area contributed by atoms with Crippen LogP contribution < -0.4 is 0 Å². The van der Waals surface area contributed by atoms with Crippen LogP contribution in [0.2, 0.25) is 0 Å². The summed E-state index contributed by atoms with van der Waals surface area (Å²) >= 11 is 0. The Kier molecular flexibility index (Phi) is 47.1. The maximum absolute atomic E-state index is 10.5. The fourth-order valence-corrected chi connectivity index (χ4v) is 7.34. The molecular formula is C48H97NO5. The molecule has 0 aromatic carbocycles. The van der Waals surface area contributed by atoms with E-state index in [4.69, 9.17) is 9.47 Å². The lowest BCUT2D eigenvalue weighted by atomic mass is 9.93. The zero-order valence-corrected chi connectivity index (χ0v) is 37.2. The molecule has 0 saturated carbocycles. The van der Waals surface area contributed by atoms with Crippen LogP contribution in [0.4, 0.5) is 0 Å². The lowest BCUT2D eigenvalue weighted by molar-refractivity contribution is -0.128. The number of ether oxygens (including phenoxy) is 2. The molecule has 0 bridgehead atoms. The van der Waals surface area contributed by atoms with Crippen molar-refractivity contribution in [2.45, 2.75) is 240 Å². The number of unbranched alkanes of at least 4 members (excludes halogenated alkanes) is 20. The fourth-order valence-electron chi connectivity index (χ4n) is 7.34. The zero-order chi connectivity index (χ0) is 40.2. The van der Waals surface area contributed by atoms with E-state index in [2.05, 4.69) is 46.1 Å². The van der Waals surface area contributed by atoms with Gasteiger partial charge in [0.15, 0.2) is 0 Å². The maximum atomic E-state index is 10.5. The summed E-state index contributed by atoms with van der Waals surface area (Å²) < 4.78 is 10.8. The molecule has 0 aromatic rings. The minimum atomic E-state index is -0.384. The first-order valence-corrected chi connectivity index (χ1v) is 23.8. The molecule has 0 amide bonds. The third-order valence-corrected chi connectivity index (χ3v) is 11.0. The lowest BCUT2D eigenvalue weighted by Crippen LogP contribution is -2.35. The van der Waals surface area contributed by atoms with Gasteiger partial charge in [0.05, 0.1) is 31.7 Å². The predicted octanol–water partition coefficient (Wildman–Crippen LogP) is 13.8. The van der Waals surface area contributed by atoms with Crippen LogP contribution in [-0.2, 0) is 14.3 Å². The van der Waals surface area contributed by atoms with Crippen molar-refractivity contribution in [3.05, 3.63) is 12.3 Å². The van der Waals surface area contributed by atoms with Gasteiger partial charge in [0.25, 0.3) is 6.47 Å². The molecule has 0 aromatic heterocycles. The molecule has 0 heterocycles. The largest absolute Gasteiger partial charge is 0.498 e. The number of carbonyl (C=O) groups is 1. The Labute approximate surface area is 338 Å². The van der Waals surface area contributed by atoms with E-state index in [9.17, 15) is 15.0 Å². The summed E-state index contributed by atoms with van der Waals surface area (Å²) in [5.41, 5.74) is 0. The third-order valence-electron chi connectivity index (χ3n) is 11.0. The Morgan fingerprint density at radius 3 is 1.52 bits per heavy atom. The molecule has 324 valence electrons. The number of allylic oxidation sites excluding steroid dienone is 1. The van der Waals surface area contributed by atoms with Crippen molar-refractivity contribution >= 4 is 6.47 Å². The fraction of sp³-hybridized carbons (Fsp3) is 0.938. The molecule has 0 aliphatic heterocycles. The molecule has 6 heteroatoms. The highest BCUT2D eigenvalue weighted by Crippen LogP contribution is 2.26. The lowest BCUT2D eigenvalue weighted by Gasteiger charge is -2.24. The van der Waals surface area contributed by atoms with E-state index >= 15 is 0 Å². The molecule has 3 unspecified atom stereocenters. The topological polar surface area (TPSA) is 79.2 Å². The Bertz CT molecular complexity index is 734. The first kappa shape index (κ1) is 55.0. The Morgan fingerprint density at radius 1 is 0.574 bits per heavy atom. The van der Waals surface area contributed by atoms with E-state index in [1.807, 2.05) is 0 Å². The monoisotopic (exact) mass is 768 g/mol. The number of aliphatic hydroxyl groups is 2. The van der Waals surface area contributed by atoms with Gasteiger partial charge in [-0.3, -0.25) is 9.69 Å². The second-order valence-corrected chi connectivity index (χ2v) is 16.5. The first-order chi connectivity index (χ1) is 26.4. The second-order valence-electron chi connectivity index (χ2n) is 16.5. The molecule has 0 spiro atoms.